The summed E-state index contributed by atoms with van der Waals surface area (Å²) in [6.07, 6.45) is -4.68. The van der Waals surface area contributed by atoms with Crippen LogP contribution in [0.15, 0.2) is 12.1 Å². The second kappa shape index (κ2) is 11.5. The number of aromatic nitrogens is 2. The first-order valence-corrected chi connectivity index (χ1v) is 12.6. The van der Waals surface area contributed by atoms with Crippen LogP contribution in [0.2, 0.25) is 10.0 Å². The smallest absolute Gasteiger partial charge is 0.436 e. The molecule has 7 nitrogen and oxygen atoms in total. The number of amides is 1. The molecule has 36 heavy (non-hydrogen) atoms. The molecule has 1 N–H and O–H groups in total. The van der Waals surface area contributed by atoms with Crippen molar-refractivity contribution in [3.63, 3.8) is 0 Å². The number of nitrogens with zero attached hydrogens (tertiary/aromatic N) is 4. The predicted octanol–water partition coefficient (Wildman–Crippen LogP) is 5.32. The van der Waals surface area contributed by atoms with E-state index in [1.165, 1.54) is 6.92 Å². The highest BCUT2D eigenvalue weighted by Crippen LogP contribution is 2.38. The third-order valence-electron chi connectivity index (χ3n) is 6.09. The molecule has 1 aromatic heterocycles. The van der Waals surface area contributed by atoms with Crippen molar-refractivity contribution < 1.29 is 22.7 Å². The van der Waals surface area contributed by atoms with Gasteiger partial charge >= 0.3 is 6.18 Å². The molecule has 1 saturated heterocycles. The lowest BCUT2D eigenvalue weighted by atomic mass is 10.0. The van der Waals surface area contributed by atoms with Gasteiger partial charge in [-0.3, -0.25) is 9.48 Å². The number of carbonyl (C=O) groups excluding carboxylic acids is 1. The second-order valence-corrected chi connectivity index (χ2v) is 9.87. The van der Waals surface area contributed by atoms with E-state index in [1.54, 1.807) is 4.90 Å². The first-order valence-electron chi connectivity index (χ1n) is 11.9. The van der Waals surface area contributed by atoms with Gasteiger partial charge in [0.15, 0.2) is 5.69 Å². The monoisotopic (exact) mass is 549 g/mol. The Morgan fingerprint density at radius 3 is 2.33 bits per heavy atom. The van der Waals surface area contributed by atoms with Crippen molar-refractivity contribution in [2.75, 3.05) is 37.7 Å². The molecule has 0 saturated carbocycles. The Hall–Kier alpha value is -2.17. The summed E-state index contributed by atoms with van der Waals surface area (Å²) in [5.41, 5.74) is 0.930. The quantitative estimate of drug-likeness (QED) is 0.482. The van der Waals surface area contributed by atoms with Crippen molar-refractivity contribution in [1.29, 1.82) is 0 Å². The summed E-state index contributed by atoms with van der Waals surface area (Å²) in [4.78, 5) is 16.7. The number of benzene rings is 1. The van der Waals surface area contributed by atoms with Crippen LogP contribution in [0.5, 0.6) is 5.75 Å². The molecule has 0 bridgehead atoms. The van der Waals surface area contributed by atoms with Crippen molar-refractivity contribution in [3.05, 3.63) is 39.1 Å². The van der Waals surface area contributed by atoms with Gasteiger partial charge in [-0.15, -0.1) is 0 Å². The summed E-state index contributed by atoms with van der Waals surface area (Å²) in [6.45, 7) is 11.6. The molecule has 3 rings (SSSR count). The number of alkyl halides is 3. The van der Waals surface area contributed by atoms with E-state index < -0.39 is 16.9 Å². The summed E-state index contributed by atoms with van der Waals surface area (Å²) >= 11 is 12.3. The van der Waals surface area contributed by atoms with E-state index in [1.807, 2.05) is 19.1 Å². The summed E-state index contributed by atoms with van der Waals surface area (Å²) in [6, 6.07) is 4.15. The Morgan fingerprint density at radius 2 is 1.81 bits per heavy atom. The van der Waals surface area contributed by atoms with Crippen molar-refractivity contribution in [2.24, 2.45) is 0 Å². The van der Waals surface area contributed by atoms with Crippen LogP contribution in [-0.4, -0.2) is 59.4 Å². The van der Waals surface area contributed by atoms with Gasteiger partial charge in [-0.05, 0) is 32.4 Å². The number of hydrogen-bond acceptors (Lipinski definition) is 5. The van der Waals surface area contributed by atoms with E-state index in [2.05, 4.69) is 36.1 Å². The van der Waals surface area contributed by atoms with Gasteiger partial charge in [-0.25, -0.2) is 0 Å². The average Bonchev–Trinajstić information content (AvgIpc) is 3.08. The number of piperazine rings is 1. The maximum atomic E-state index is 13.1. The van der Waals surface area contributed by atoms with Gasteiger partial charge in [0, 0.05) is 50.0 Å². The summed E-state index contributed by atoms with van der Waals surface area (Å²) in [5.74, 6) is 0.284. The SMILES string of the molecule is CCOc1cc(N2CCN(C(=O)Cn3nc(C(F)(F)F)c(Cl)c3C)CC2)c(C(C)NC(C)C)cc1Cl. The third-order valence-corrected chi connectivity index (χ3v) is 6.84. The number of hydrogen-bond donors (Lipinski definition) is 1. The molecule has 1 aliphatic rings. The van der Waals surface area contributed by atoms with Gasteiger partial charge in [-0.2, -0.15) is 18.3 Å². The molecule has 0 aliphatic carbocycles. The largest absolute Gasteiger partial charge is 0.492 e. The molecule has 12 heteroatoms. The van der Waals surface area contributed by atoms with E-state index in [-0.39, 0.29) is 30.2 Å². The lowest BCUT2D eigenvalue weighted by molar-refractivity contribution is -0.142. The number of ether oxygens (including phenoxy) is 1. The van der Waals surface area contributed by atoms with Crippen LogP contribution in [0.25, 0.3) is 0 Å². The molecule has 1 aliphatic heterocycles. The predicted molar refractivity (Wildman–Crippen MR) is 135 cm³/mol. The number of halogens is 5. The molecule has 1 atom stereocenters. The minimum atomic E-state index is -4.68. The molecular formula is C24H32Cl2F3N5O2. The molecular weight excluding hydrogens is 518 g/mol. The molecule has 2 heterocycles. The maximum Gasteiger partial charge on any atom is 0.436 e. The average molecular weight is 550 g/mol. The Labute approximate surface area is 219 Å². The maximum absolute atomic E-state index is 13.1. The van der Waals surface area contributed by atoms with Gasteiger partial charge in [0.05, 0.1) is 22.3 Å². The molecule has 2 aromatic rings. The second-order valence-electron chi connectivity index (χ2n) is 9.09. The lowest BCUT2D eigenvalue weighted by Crippen LogP contribution is -2.50. The molecule has 1 amide bonds. The van der Waals surface area contributed by atoms with Crippen molar-refractivity contribution in [2.45, 2.75) is 59.4 Å². The lowest BCUT2D eigenvalue weighted by Gasteiger charge is -2.38. The van der Waals surface area contributed by atoms with Crippen LogP contribution in [0, 0.1) is 6.92 Å². The summed E-state index contributed by atoms with van der Waals surface area (Å²) in [7, 11) is 0. The molecule has 200 valence electrons. The van der Waals surface area contributed by atoms with Crippen molar-refractivity contribution in [1.82, 2.24) is 20.0 Å². The molecule has 1 fully saturated rings. The van der Waals surface area contributed by atoms with E-state index in [0.717, 1.165) is 15.9 Å². The first kappa shape index (κ1) is 28.4. The number of anilines is 1. The third kappa shape index (κ3) is 6.39. The zero-order valence-electron chi connectivity index (χ0n) is 21.0. The summed E-state index contributed by atoms with van der Waals surface area (Å²) < 4.78 is 46.1. The van der Waals surface area contributed by atoms with Gasteiger partial charge in [0.25, 0.3) is 0 Å². The number of rotatable bonds is 8. The van der Waals surface area contributed by atoms with Gasteiger partial charge in [0.2, 0.25) is 5.91 Å². The fraction of sp³-hybridized carbons (Fsp3) is 0.583. The highest BCUT2D eigenvalue weighted by Gasteiger charge is 2.38. The van der Waals surface area contributed by atoms with Crippen LogP contribution in [0.3, 0.4) is 0 Å². The Bertz CT molecular complexity index is 1080. The molecule has 0 spiro atoms. The van der Waals surface area contributed by atoms with Gasteiger partial charge < -0.3 is 19.9 Å². The zero-order valence-corrected chi connectivity index (χ0v) is 22.6. The van der Waals surface area contributed by atoms with Crippen LogP contribution in [-0.2, 0) is 17.5 Å². The minimum absolute atomic E-state index is 0.0307. The van der Waals surface area contributed by atoms with Crippen LogP contribution in [0.4, 0.5) is 18.9 Å². The van der Waals surface area contributed by atoms with E-state index >= 15 is 0 Å². The Kier molecular flexibility index (Phi) is 9.06. The van der Waals surface area contributed by atoms with Crippen LogP contribution < -0.4 is 15.0 Å². The van der Waals surface area contributed by atoms with E-state index in [4.69, 9.17) is 27.9 Å². The number of nitrogens with one attached hydrogen (secondary N) is 1. The standard InChI is InChI=1S/C24H32Cl2F3N5O2/c1-6-36-20-12-19(17(11-18(20)25)15(4)30-14(2)3)32-7-9-33(10-8-32)21(35)13-34-16(5)22(26)23(31-34)24(27,28)29/h11-12,14-15,30H,6-10,13H2,1-5H3. The van der Waals surface area contributed by atoms with Crippen molar-refractivity contribution in [3.8, 4) is 5.75 Å². The normalized spacial score (nSPS) is 15.5. The minimum Gasteiger partial charge on any atom is -0.492 e. The number of carbonyl (C=O) groups is 1. The first-order chi connectivity index (χ1) is 16.8. The molecule has 1 aromatic carbocycles. The Balaban J connectivity index is 1.75. The summed E-state index contributed by atoms with van der Waals surface area (Å²) in [5, 5.41) is 7.09. The van der Waals surface area contributed by atoms with Crippen molar-refractivity contribution >= 4 is 34.8 Å². The van der Waals surface area contributed by atoms with Crippen LogP contribution in [0.1, 0.15) is 50.7 Å². The Morgan fingerprint density at radius 1 is 1.17 bits per heavy atom. The van der Waals surface area contributed by atoms with Crippen LogP contribution >= 0.6 is 23.2 Å². The molecule has 1 unspecified atom stereocenters. The topological polar surface area (TPSA) is 62.6 Å². The molecule has 0 radical (unpaired) electrons. The highest BCUT2D eigenvalue weighted by molar-refractivity contribution is 6.32. The van der Waals surface area contributed by atoms with Gasteiger partial charge in [0.1, 0.15) is 12.3 Å². The van der Waals surface area contributed by atoms with Gasteiger partial charge in [-0.1, -0.05) is 37.0 Å². The highest BCUT2D eigenvalue weighted by atomic mass is 35.5. The fourth-order valence-corrected chi connectivity index (χ4v) is 4.79. The van der Waals surface area contributed by atoms with E-state index in [0.29, 0.717) is 43.6 Å². The zero-order chi connectivity index (χ0) is 26.8. The van der Waals surface area contributed by atoms with E-state index in [9.17, 15) is 18.0 Å². The fourth-order valence-electron chi connectivity index (χ4n) is 4.32.